The largest absolute Gasteiger partial charge is 0.314 e. The Morgan fingerprint density at radius 3 is 2.71 bits per heavy atom. The van der Waals surface area contributed by atoms with Gasteiger partial charge in [-0.05, 0) is 25.7 Å². The van der Waals surface area contributed by atoms with Crippen LogP contribution in [0, 0.1) is 0 Å². The Kier molecular flexibility index (Phi) is 1.70. The van der Waals surface area contributed by atoms with E-state index in [4.69, 9.17) is 0 Å². The minimum Gasteiger partial charge on any atom is -0.314 e. The third-order valence-electron chi connectivity index (χ3n) is 3.76. The first-order valence-corrected chi connectivity index (χ1v) is 5.70. The Hall–Kier alpha value is -0.860. The Balaban J connectivity index is 1.97. The van der Waals surface area contributed by atoms with E-state index in [-0.39, 0.29) is 0 Å². The van der Waals surface area contributed by atoms with Crippen LogP contribution in [0.25, 0.3) is 0 Å². The highest BCUT2D eigenvalue weighted by molar-refractivity contribution is 5.10. The summed E-state index contributed by atoms with van der Waals surface area (Å²) in [6, 6.07) is 0.720. The van der Waals surface area contributed by atoms with E-state index >= 15 is 0 Å². The van der Waals surface area contributed by atoms with Crippen LogP contribution in [0.2, 0.25) is 0 Å². The van der Waals surface area contributed by atoms with Crippen molar-refractivity contribution < 1.29 is 0 Å². The molecule has 1 aromatic rings. The Morgan fingerprint density at radius 1 is 1.36 bits per heavy atom. The summed E-state index contributed by atoms with van der Waals surface area (Å²) in [5.41, 5.74) is 0.319. The highest BCUT2D eigenvalue weighted by Gasteiger charge is 2.38. The highest BCUT2D eigenvalue weighted by atomic mass is 15.3. The molecule has 0 unspecified atom stereocenters. The summed E-state index contributed by atoms with van der Waals surface area (Å²) in [5.74, 6) is 1.25. The zero-order valence-electron chi connectivity index (χ0n) is 8.74. The Labute approximate surface area is 84.5 Å². The number of rotatable bonds is 2. The van der Waals surface area contributed by atoms with Crippen LogP contribution in [0.1, 0.15) is 57.3 Å². The summed E-state index contributed by atoms with van der Waals surface area (Å²) < 4.78 is 2.32. The molecule has 2 aliphatic carbocycles. The molecule has 76 valence electrons. The number of aromatic nitrogens is 3. The number of hydrogen-bond donors (Lipinski definition) is 0. The lowest BCUT2D eigenvalue weighted by Crippen LogP contribution is -2.22. The van der Waals surface area contributed by atoms with Crippen molar-refractivity contribution in [3.63, 3.8) is 0 Å². The van der Waals surface area contributed by atoms with Crippen LogP contribution in [-0.4, -0.2) is 14.8 Å². The normalized spacial score (nSPS) is 25.5. The molecule has 0 aromatic carbocycles. The molecule has 1 heterocycles. The first-order valence-electron chi connectivity index (χ1n) is 5.70. The van der Waals surface area contributed by atoms with Crippen LogP contribution in [0.3, 0.4) is 0 Å². The quantitative estimate of drug-likeness (QED) is 0.719. The van der Waals surface area contributed by atoms with E-state index < -0.39 is 0 Å². The zero-order valence-corrected chi connectivity index (χ0v) is 8.74. The Bertz CT molecular complexity index is 332. The predicted molar refractivity (Wildman–Crippen MR) is 54.1 cm³/mol. The van der Waals surface area contributed by atoms with Crippen LogP contribution in [0.15, 0.2) is 6.33 Å². The van der Waals surface area contributed by atoms with Gasteiger partial charge in [-0.25, -0.2) is 0 Å². The summed E-state index contributed by atoms with van der Waals surface area (Å²) in [6.45, 7) is 2.35. The average Bonchev–Trinajstić information content (AvgIpc) is 2.75. The summed E-state index contributed by atoms with van der Waals surface area (Å²) in [4.78, 5) is 0. The van der Waals surface area contributed by atoms with E-state index in [0.717, 1.165) is 6.04 Å². The molecule has 3 heteroatoms. The molecule has 0 saturated heterocycles. The van der Waals surface area contributed by atoms with Gasteiger partial charge in [0, 0.05) is 11.5 Å². The van der Waals surface area contributed by atoms with E-state index in [2.05, 4.69) is 21.7 Å². The summed E-state index contributed by atoms with van der Waals surface area (Å²) >= 11 is 0. The molecule has 2 fully saturated rings. The van der Waals surface area contributed by atoms with Crippen molar-refractivity contribution in [1.82, 2.24) is 14.8 Å². The maximum absolute atomic E-state index is 4.34. The standard InChI is InChI=1S/C11H17N3/c1-11(6-2-3-7-11)10-13-12-8-14(10)9-4-5-9/h8-9H,2-7H2,1H3. The molecule has 0 spiro atoms. The van der Waals surface area contributed by atoms with Crippen molar-refractivity contribution in [3.05, 3.63) is 12.2 Å². The van der Waals surface area contributed by atoms with Gasteiger partial charge in [-0.1, -0.05) is 19.8 Å². The SMILES string of the molecule is CC1(c2nncn2C2CC2)CCCC1. The maximum Gasteiger partial charge on any atom is 0.139 e. The van der Waals surface area contributed by atoms with E-state index in [1.165, 1.54) is 44.3 Å². The lowest BCUT2D eigenvalue weighted by Gasteiger charge is -2.22. The summed E-state index contributed by atoms with van der Waals surface area (Å²) in [7, 11) is 0. The lowest BCUT2D eigenvalue weighted by molar-refractivity contribution is 0.431. The van der Waals surface area contributed by atoms with Crippen LogP contribution in [0.4, 0.5) is 0 Å². The van der Waals surface area contributed by atoms with Gasteiger partial charge in [-0.15, -0.1) is 10.2 Å². The van der Waals surface area contributed by atoms with Gasteiger partial charge in [-0.3, -0.25) is 0 Å². The smallest absolute Gasteiger partial charge is 0.139 e. The lowest BCUT2D eigenvalue weighted by atomic mass is 9.88. The first-order chi connectivity index (χ1) is 6.80. The number of hydrogen-bond acceptors (Lipinski definition) is 2. The average molecular weight is 191 g/mol. The van der Waals surface area contributed by atoms with E-state index in [1.807, 2.05) is 6.33 Å². The molecule has 0 atom stereocenters. The minimum absolute atomic E-state index is 0.319. The van der Waals surface area contributed by atoms with Gasteiger partial charge in [0.15, 0.2) is 0 Å². The van der Waals surface area contributed by atoms with Gasteiger partial charge in [0.05, 0.1) is 0 Å². The highest BCUT2D eigenvalue weighted by Crippen LogP contribution is 2.43. The van der Waals surface area contributed by atoms with E-state index in [0.29, 0.717) is 5.41 Å². The summed E-state index contributed by atoms with van der Waals surface area (Å²) in [5, 5.41) is 8.43. The molecule has 2 saturated carbocycles. The molecule has 3 nitrogen and oxygen atoms in total. The fourth-order valence-electron chi connectivity index (χ4n) is 2.67. The Morgan fingerprint density at radius 2 is 2.07 bits per heavy atom. The van der Waals surface area contributed by atoms with Gasteiger partial charge in [0.25, 0.3) is 0 Å². The molecule has 1 aromatic heterocycles. The predicted octanol–water partition coefficient (Wildman–Crippen LogP) is 2.44. The van der Waals surface area contributed by atoms with Crippen molar-refractivity contribution >= 4 is 0 Å². The molecule has 0 bridgehead atoms. The molecule has 0 N–H and O–H groups in total. The van der Waals surface area contributed by atoms with Crippen LogP contribution in [0.5, 0.6) is 0 Å². The molecule has 2 aliphatic rings. The molecule has 14 heavy (non-hydrogen) atoms. The number of nitrogens with zero attached hydrogens (tertiary/aromatic N) is 3. The molecular weight excluding hydrogens is 174 g/mol. The van der Waals surface area contributed by atoms with E-state index in [9.17, 15) is 0 Å². The van der Waals surface area contributed by atoms with Gasteiger partial charge < -0.3 is 4.57 Å². The topological polar surface area (TPSA) is 30.7 Å². The molecule has 3 rings (SSSR count). The molecule has 0 aliphatic heterocycles. The van der Waals surface area contributed by atoms with Crippen LogP contribution >= 0.6 is 0 Å². The van der Waals surface area contributed by atoms with Gasteiger partial charge >= 0.3 is 0 Å². The van der Waals surface area contributed by atoms with Gasteiger partial charge in [-0.2, -0.15) is 0 Å². The fourth-order valence-corrected chi connectivity index (χ4v) is 2.67. The van der Waals surface area contributed by atoms with Crippen molar-refractivity contribution in [3.8, 4) is 0 Å². The second-order valence-electron chi connectivity index (χ2n) is 5.06. The molecule has 0 radical (unpaired) electrons. The fraction of sp³-hybridized carbons (Fsp3) is 0.818. The third-order valence-corrected chi connectivity index (χ3v) is 3.76. The monoisotopic (exact) mass is 191 g/mol. The van der Waals surface area contributed by atoms with Crippen molar-refractivity contribution in [2.45, 2.75) is 56.9 Å². The second-order valence-corrected chi connectivity index (χ2v) is 5.06. The molecular formula is C11H17N3. The van der Waals surface area contributed by atoms with Gasteiger partial charge in [0.1, 0.15) is 12.2 Å². The van der Waals surface area contributed by atoms with Crippen LogP contribution in [-0.2, 0) is 5.41 Å². The summed E-state index contributed by atoms with van der Waals surface area (Å²) in [6.07, 6.45) is 9.86. The third kappa shape index (κ3) is 1.18. The second kappa shape index (κ2) is 2.81. The maximum atomic E-state index is 4.34. The van der Waals surface area contributed by atoms with Crippen molar-refractivity contribution in [1.29, 1.82) is 0 Å². The van der Waals surface area contributed by atoms with Gasteiger partial charge in [0.2, 0.25) is 0 Å². The van der Waals surface area contributed by atoms with Crippen molar-refractivity contribution in [2.75, 3.05) is 0 Å². The zero-order chi connectivity index (χ0) is 9.60. The molecule has 0 amide bonds. The van der Waals surface area contributed by atoms with E-state index in [1.54, 1.807) is 0 Å². The first kappa shape index (κ1) is 8.45. The van der Waals surface area contributed by atoms with Crippen molar-refractivity contribution in [2.24, 2.45) is 0 Å². The minimum atomic E-state index is 0.319. The van der Waals surface area contributed by atoms with Crippen LogP contribution < -0.4 is 0 Å².